The average molecular weight is 670 g/mol. The van der Waals surface area contributed by atoms with Crippen LogP contribution < -0.4 is 21.7 Å². The van der Waals surface area contributed by atoms with E-state index in [0.717, 1.165) is 12.8 Å². The highest BCUT2D eigenvalue weighted by atomic mass is 32.2. The van der Waals surface area contributed by atoms with Crippen LogP contribution in [0.1, 0.15) is 108 Å². The normalized spacial score (nSPS) is 21.8. The van der Waals surface area contributed by atoms with Crippen LogP contribution >= 0.6 is 0 Å². The van der Waals surface area contributed by atoms with E-state index in [4.69, 9.17) is 5.73 Å². The summed E-state index contributed by atoms with van der Waals surface area (Å²) in [5.74, 6) is -3.15. The number of nitrogens with two attached hydrogens (primary N) is 1. The minimum Gasteiger partial charge on any atom is -0.363 e. The quantitative estimate of drug-likeness (QED) is 0.205. The summed E-state index contributed by atoms with van der Waals surface area (Å²) in [6.45, 7) is 20.0. The van der Waals surface area contributed by atoms with Gasteiger partial charge in [0.25, 0.3) is 5.91 Å². The van der Waals surface area contributed by atoms with Crippen LogP contribution in [0.5, 0.6) is 0 Å². The Balaban J connectivity index is 2.37. The third-order valence-electron chi connectivity index (χ3n) is 9.10. The Kier molecular flexibility index (Phi) is 12.5. The Labute approximate surface area is 276 Å². The van der Waals surface area contributed by atoms with E-state index in [1.807, 2.05) is 27.7 Å². The first-order chi connectivity index (χ1) is 20.8. The number of carbonyl (C=O) groups is 5. The lowest BCUT2D eigenvalue weighted by Gasteiger charge is -2.39. The molecule has 264 valence electrons. The van der Waals surface area contributed by atoms with Gasteiger partial charge in [-0.1, -0.05) is 61.3 Å². The molecule has 0 aromatic rings. The molecule has 0 aromatic carbocycles. The van der Waals surface area contributed by atoms with E-state index in [1.54, 1.807) is 48.5 Å². The first-order valence-corrected chi connectivity index (χ1v) is 18.2. The van der Waals surface area contributed by atoms with E-state index in [-0.39, 0.29) is 36.0 Å². The van der Waals surface area contributed by atoms with Gasteiger partial charge in [-0.15, -0.1) is 0 Å². The number of nitrogens with zero attached hydrogens (tertiary/aromatic N) is 1. The molecule has 5 amide bonds. The molecule has 0 radical (unpaired) electrons. The molecule has 2 fully saturated rings. The van der Waals surface area contributed by atoms with Crippen molar-refractivity contribution in [3.8, 4) is 0 Å². The Morgan fingerprint density at radius 3 is 1.89 bits per heavy atom. The number of nitrogens with one attached hydrogen (secondary N) is 3. The summed E-state index contributed by atoms with van der Waals surface area (Å²) in [6, 6.07) is -3.73. The molecule has 5 atom stereocenters. The van der Waals surface area contributed by atoms with Gasteiger partial charge in [0.1, 0.15) is 12.1 Å². The van der Waals surface area contributed by atoms with Gasteiger partial charge < -0.3 is 26.6 Å². The van der Waals surface area contributed by atoms with Crippen molar-refractivity contribution in [1.29, 1.82) is 0 Å². The number of likely N-dealkylation sites (tertiary alicyclic amines) is 1. The number of sulfone groups is 1. The fourth-order valence-electron chi connectivity index (χ4n) is 6.38. The highest BCUT2D eigenvalue weighted by Gasteiger charge is 2.48. The standard InChI is InChI=1S/C33H59N5O7S/c1-19(2)17-33(11,18-46(44,45)32(8,9)10)37-30(43)36-26(31(5,6)7)29(42)38-15-14-22(20(3)4)24(38)28(41)35-23(16-21-12-13-21)25(39)27(34)40/h19-24,26H,12-18H2,1-11H3,(H2,34,40)(H,35,41)(H2,36,37,43)/t22-,23?,24+,26-,33+/m1/s1. The topological polar surface area (TPSA) is 185 Å². The maximum Gasteiger partial charge on any atom is 0.315 e. The summed E-state index contributed by atoms with van der Waals surface area (Å²) in [7, 11) is -3.60. The zero-order valence-corrected chi connectivity index (χ0v) is 30.6. The van der Waals surface area contributed by atoms with Gasteiger partial charge in [0.05, 0.1) is 22.1 Å². The maximum absolute atomic E-state index is 14.3. The van der Waals surface area contributed by atoms with Crippen molar-refractivity contribution in [3.05, 3.63) is 0 Å². The number of carbonyl (C=O) groups excluding carboxylic acids is 5. The summed E-state index contributed by atoms with van der Waals surface area (Å²) in [5, 5.41) is 8.43. The molecular weight excluding hydrogens is 610 g/mol. The predicted octanol–water partition coefficient (Wildman–Crippen LogP) is 2.93. The summed E-state index contributed by atoms with van der Waals surface area (Å²) in [4.78, 5) is 67.6. The van der Waals surface area contributed by atoms with Gasteiger partial charge >= 0.3 is 6.03 Å². The highest BCUT2D eigenvalue weighted by molar-refractivity contribution is 7.92. The number of urea groups is 1. The highest BCUT2D eigenvalue weighted by Crippen LogP contribution is 2.36. The second-order valence-electron chi connectivity index (χ2n) is 16.6. The van der Waals surface area contributed by atoms with Crippen LogP contribution in [0.15, 0.2) is 0 Å². The number of ketones is 1. The molecule has 0 aromatic heterocycles. The zero-order chi connectivity index (χ0) is 35.6. The van der Waals surface area contributed by atoms with Crippen molar-refractivity contribution >= 4 is 39.4 Å². The van der Waals surface area contributed by atoms with E-state index >= 15 is 0 Å². The number of hydrogen-bond donors (Lipinski definition) is 4. The van der Waals surface area contributed by atoms with Gasteiger partial charge in [-0.05, 0) is 76.0 Å². The number of amides is 5. The largest absolute Gasteiger partial charge is 0.363 e. The molecule has 13 heteroatoms. The van der Waals surface area contributed by atoms with E-state index in [0.29, 0.717) is 19.3 Å². The Bertz CT molecular complexity index is 1260. The average Bonchev–Trinajstić information content (AvgIpc) is 3.56. The zero-order valence-electron chi connectivity index (χ0n) is 29.8. The van der Waals surface area contributed by atoms with E-state index in [9.17, 15) is 32.4 Å². The Morgan fingerprint density at radius 1 is 0.891 bits per heavy atom. The van der Waals surface area contributed by atoms with Crippen molar-refractivity contribution in [2.75, 3.05) is 12.3 Å². The van der Waals surface area contributed by atoms with Gasteiger partial charge in [0, 0.05) is 6.54 Å². The van der Waals surface area contributed by atoms with Crippen LogP contribution in [0, 0.1) is 29.1 Å². The maximum atomic E-state index is 14.3. The number of Topliss-reactive ketones (excluding diaryl/α,β-unsaturated/α-hetero) is 1. The third kappa shape index (κ3) is 10.4. The lowest BCUT2D eigenvalue weighted by Crippen LogP contribution is -2.63. The number of rotatable bonds is 14. The molecule has 2 aliphatic rings. The fraction of sp³-hybridized carbons (Fsp3) is 0.848. The molecule has 5 N–H and O–H groups in total. The third-order valence-corrected chi connectivity index (χ3v) is 12.0. The van der Waals surface area contributed by atoms with E-state index in [1.165, 1.54) is 4.90 Å². The van der Waals surface area contributed by atoms with Crippen molar-refractivity contribution in [1.82, 2.24) is 20.9 Å². The molecule has 1 unspecified atom stereocenters. The van der Waals surface area contributed by atoms with Crippen molar-refractivity contribution in [3.63, 3.8) is 0 Å². The second kappa shape index (κ2) is 14.6. The molecule has 0 bridgehead atoms. The van der Waals surface area contributed by atoms with Crippen LogP contribution in [0.25, 0.3) is 0 Å². The van der Waals surface area contributed by atoms with Gasteiger partial charge in [-0.2, -0.15) is 0 Å². The fourth-order valence-corrected chi connectivity index (χ4v) is 7.85. The summed E-state index contributed by atoms with van der Waals surface area (Å²) in [5.41, 5.74) is 3.39. The molecule has 1 aliphatic carbocycles. The first kappa shape index (κ1) is 39.5. The lowest BCUT2D eigenvalue weighted by atomic mass is 9.84. The summed E-state index contributed by atoms with van der Waals surface area (Å²) >= 11 is 0. The Hall–Kier alpha value is -2.70. The molecule has 2 rings (SSSR count). The molecule has 12 nitrogen and oxygen atoms in total. The Morgan fingerprint density at radius 2 is 1.46 bits per heavy atom. The molecule has 0 spiro atoms. The number of hydrogen-bond acceptors (Lipinski definition) is 7. The minimum atomic E-state index is -3.60. The summed E-state index contributed by atoms with van der Waals surface area (Å²) in [6.07, 6.45) is 3.05. The van der Waals surface area contributed by atoms with E-state index in [2.05, 4.69) is 16.0 Å². The van der Waals surface area contributed by atoms with Crippen molar-refractivity contribution < 1.29 is 32.4 Å². The minimum absolute atomic E-state index is 0.0214. The SMILES string of the molecule is CC(C)C[C@@](C)(CS(=O)(=O)C(C)(C)C)NC(=O)N[C@H](C(=O)N1CC[C@H](C(C)C)[C@H]1C(=O)NC(CC1CC1)C(=O)C(N)=O)C(C)(C)C. The van der Waals surface area contributed by atoms with Crippen LogP contribution in [-0.2, 0) is 29.0 Å². The molecule has 1 aliphatic heterocycles. The van der Waals surface area contributed by atoms with Crippen LogP contribution in [-0.4, -0.2) is 83.6 Å². The van der Waals surface area contributed by atoms with Crippen molar-refractivity contribution in [2.45, 2.75) is 137 Å². The molecule has 46 heavy (non-hydrogen) atoms. The van der Waals surface area contributed by atoms with Gasteiger partial charge in [0.15, 0.2) is 9.84 Å². The smallest absolute Gasteiger partial charge is 0.315 e. The van der Waals surface area contributed by atoms with Crippen LogP contribution in [0.2, 0.25) is 0 Å². The first-order valence-electron chi connectivity index (χ1n) is 16.5. The molecular formula is C33H59N5O7S. The van der Waals surface area contributed by atoms with Gasteiger partial charge in [-0.3, -0.25) is 19.2 Å². The molecule has 1 saturated carbocycles. The molecule has 1 heterocycles. The second-order valence-corrected chi connectivity index (χ2v) is 19.3. The summed E-state index contributed by atoms with van der Waals surface area (Å²) < 4.78 is 25.3. The lowest BCUT2D eigenvalue weighted by molar-refractivity contribution is -0.144. The van der Waals surface area contributed by atoms with Gasteiger partial charge in [-0.25, -0.2) is 13.2 Å². The number of primary amides is 1. The van der Waals surface area contributed by atoms with Crippen LogP contribution in [0.4, 0.5) is 4.79 Å². The predicted molar refractivity (Wildman–Crippen MR) is 178 cm³/mol. The van der Waals surface area contributed by atoms with Crippen molar-refractivity contribution in [2.24, 2.45) is 34.8 Å². The van der Waals surface area contributed by atoms with Gasteiger partial charge in [0.2, 0.25) is 17.6 Å². The van der Waals surface area contributed by atoms with E-state index < -0.39 is 73.2 Å². The monoisotopic (exact) mass is 669 g/mol. The molecule has 1 saturated heterocycles. The van der Waals surface area contributed by atoms with Crippen LogP contribution in [0.3, 0.4) is 0 Å².